The average molecular weight is 268 g/mol. The van der Waals surface area contributed by atoms with Crippen LogP contribution in [0.25, 0.3) is 43.5 Å². The molecule has 21 heavy (non-hydrogen) atoms. The van der Waals surface area contributed by atoms with Crippen molar-refractivity contribution >= 4 is 43.5 Å². The Kier molecular flexibility index (Phi) is 1.98. The Labute approximate surface area is 121 Å². The predicted molar refractivity (Wildman–Crippen MR) is 88.6 cm³/mol. The number of rotatable bonds is 0. The Balaban J connectivity index is 2.11. The molecule has 0 amide bonds. The second kappa shape index (κ2) is 3.83. The highest BCUT2D eigenvalue weighted by molar-refractivity contribution is 6.23. The molecule has 0 spiro atoms. The number of hydrogen-bond acceptors (Lipinski definition) is 1. The first-order chi connectivity index (χ1) is 10.4. The van der Waals surface area contributed by atoms with Crippen LogP contribution in [-0.4, -0.2) is 9.97 Å². The highest BCUT2D eigenvalue weighted by atomic mass is 14.7. The van der Waals surface area contributed by atoms with E-state index in [1.807, 2.05) is 12.3 Å². The van der Waals surface area contributed by atoms with E-state index in [1.54, 1.807) is 0 Å². The smallest absolute Gasteiger partial charge is 0.0801 e. The Hall–Kier alpha value is -2.87. The zero-order chi connectivity index (χ0) is 13.8. The number of benzene rings is 3. The van der Waals surface area contributed by atoms with Crippen LogP contribution < -0.4 is 0 Å². The molecule has 1 N–H and O–H groups in total. The van der Waals surface area contributed by atoms with Gasteiger partial charge in [-0.15, -0.1) is 0 Å². The summed E-state index contributed by atoms with van der Waals surface area (Å²) < 4.78 is 0. The van der Waals surface area contributed by atoms with Crippen LogP contribution in [0.5, 0.6) is 0 Å². The van der Waals surface area contributed by atoms with Gasteiger partial charge in [-0.05, 0) is 17.5 Å². The Morgan fingerprint density at radius 3 is 2.57 bits per heavy atom. The lowest BCUT2D eigenvalue weighted by Gasteiger charge is -2.00. The van der Waals surface area contributed by atoms with Crippen molar-refractivity contribution in [1.29, 1.82) is 0 Å². The maximum absolute atomic E-state index is 4.59. The molecule has 0 unspecified atom stereocenters. The van der Waals surface area contributed by atoms with Gasteiger partial charge in [0.25, 0.3) is 0 Å². The fraction of sp³-hybridized carbons (Fsp3) is 0. The second-order valence-corrected chi connectivity index (χ2v) is 5.40. The number of H-pyrrole nitrogens is 1. The maximum Gasteiger partial charge on any atom is 0.0801 e. The number of hydrogen-bond donors (Lipinski definition) is 1. The van der Waals surface area contributed by atoms with Crippen LogP contribution in [0, 0.1) is 0 Å². The number of nitrogens with one attached hydrogen (secondary N) is 1. The monoisotopic (exact) mass is 268 g/mol. The SMILES string of the molecule is c1ccc2c(c1)ccc1c2[nH]c2ccc3cccnc3c21. The van der Waals surface area contributed by atoms with Gasteiger partial charge in [-0.25, -0.2) is 0 Å². The molecular weight excluding hydrogens is 256 g/mol. The van der Waals surface area contributed by atoms with E-state index in [9.17, 15) is 0 Å². The van der Waals surface area contributed by atoms with E-state index in [4.69, 9.17) is 0 Å². The van der Waals surface area contributed by atoms with E-state index in [0.717, 1.165) is 11.0 Å². The zero-order valence-corrected chi connectivity index (χ0v) is 11.3. The van der Waals surface area contributed by atoms with Gasteiger partial charge in [0.2, 0.25) is 0 Å². The summed E-state index contributed by atoms with van der Waals surface area (Å²) in [6.07, 6.45) is 1.86. The summed E-state index contributed by atoms with van der Waals surface area (Å²) in [5, 5.41) is 6.16. The zero-order valence-electron chi connectivity index (χ0n) is 11.3. The van der Waals surface area contributed by atoms with E-state index in [2.05, 4.69) is 64.6 Å². The van der Waals surface area contributed by atoms with E-state index < -0.39 is 0 Å². The van der Waals surface area contributed by atoms with Crippen LogP contribution >= 0.6 is 0 Å². The number of fused-ring (bicyclic) bond motifs is 7. The van der Waals surface area contributed by atoms with Crippen molar-refractivity contribution in [3.8, 4) is 0 Å². The minimum atomic E-state index is 1.07. The molecule has 5 rings (SSSR count). The van der Waals surface area contributed by atoms with Gasteiger partial charge in [-0.2, -0.15) is 0 Å². The molecule has 0 saturated carbocycles. The van der Waals surface area contributed by atoms with Crippen molar-refractivity contribution in [1.82, 2.24) is 9.97 Å². The summed E-state index contributed by atoms with van der Waals surface area (Å²) in [4.78, 5) is 8.16. The molecule has 0 atom stereocenters. The van der Waals surface area contributed by atoms with Crippen LogP contribution in [-0.2, 0) is 0 Å². The Morgan fingerprint density at radius 1 is 0.714 bits per heavy atom. The van der Waals surface area contributed by atoms with E-state index in [-0.39, 0.29) is 0 Å². The summed E-state index contributed by atoms with van der Waals surface area (Å²) in [5.74, 6) is 0. The number of pyridine rings is 1. The fourth-order valence-corrected chi connectivity index (χ4v) is 3.27. The minimum absolute atomic E-state index is 1.07. The topological polar surface area (TPSA) is 28.7 Å². The van der Waals surface area contributed by atoms with Gasteiger partial charge in [0.15, 0.2) is 0 Å². The van der Waals surface area contributed by atoms with Crippen molar-refractivity contribution < 1.29 is 0 Å². The summed E-state index contributed by atoms with van der Waals surface area (Å²) in [6.45, 7) is 0. The van der Waals surface area contributed by atoms with Gasteiger partial charge < -0.3 is 4.98 Å². The maximum atomic E-state index is 4.59. The number of aromatic nitrogens is 2. The minimum Gasteiger partial charge on any atom is -0.354 e. The summed E-state index contributed by atoms with van der Waals surface area (Å²) >= 11 is 0. The highest BCUT2D eigenvalue weighted by Gasteiger charge is 2.10. The normalized spacial score (nSPS) is 11.8. The largest absolute Gasteiger partial charge is 0.354 e. The first-order valence-corrected chi connectivity index (χ1v) is 7.09. The second-order valence-electron chi connectivity index (χ2n) is 5.40. The van der Waals surface area contributed by atoms with Crippen LogP contribution in [0.2, 0.25) is 0 Å². The summed E-state index contributed by atoms with van der Waals surface area (Å²) in [5.41, 5.74) is 3.41. The first kappa shape index (κ1) is 10.9. The fourth-order valence-electron chi connectivity index (χ4n) is 3.27. The van der Waals surface area contributed by atoms with Crippen molar-refractivity contribution in [2.45, 2.75) is 0 Å². The molecule has 3 aromatic carbocycles. The molecular formula is C19H12N2. The van der Waals surface area contributed by atoms with Gasteiger partial charge in [0, 0.05) is 33.3 Å². The molecule has 5 aromatic rings. The Bertz CT molecular complexity index is 1140. The van der Waals surface area contributed by atoms with Gasteiger partial charge in [0.05, 0.1) is 11.0 Å². The molecule has 0 radical (unpaired) electrons. The predicted octanol–water partition coefficient (Wildman–Crippen LogP) is 5.02. The van der Waals surface area contributed by atoms with Crippen molar-refractivity contribution in [3.05, 3.63) is 66.9 Å². The van der Waals surface area contributed by atoms with Crippen molar-refractivity contribution in [2.75, 3.05) is 0 Å². The van der Waals surface area contributed by atoms with E-state index in [0.29, 0.717) is 0 Å². The standard InChI is InChI=1S/C19H12N2/c1-2-6-14-12(4-1)7-9-15-17-16(21-19(14)15)10-8-13-5-3-11-20-18(13)17/h1-11,21H. The van der Waals surface area contributed by atoms with Crippen LogP contribution in [0.15, 0.2) is 66.9 Å². The third-order valence-corrected chi connectivity index (χ3v) is 4.23. The van der Waals surface area contributed by atoms with Crippen molar-refractivity contribution in [3.63, 3.8) is 0 Å². The lowest BCUT2D eigenvalue weighted by molar-refractivity contribution is 1.43. The third kappa shape index (κ3) is 1.39. The van der Waals surface area contributed by atoms with Crippen molar-refractivity contribution in [2.24, 2.45) is 0 Å². The molecule has 0 fully saturated rings. The first-order valence-electron chi connectivity index (χ1n) is 7.09. The molecule has 2 aromatic heterocycles. The molecule has 2 heterocycles. The average Bonchev–Trinajstić information content (AvgIpc) is 2.94. The number of nitrogens with zero attached hydrogens (tertiary/aromatic N) is 1. The van der Waals surface area contributed by atoms with Crippen LogP contribution in [0.4, 0.5) is 0 Å². The van der Waals surface area contributed by atoms with Crippen LogP contribution in [0.3, 0.4) is 0 Å². The molecule has 0 bridgehead atoms. The van der Waals surface area contributed by atoms with E-state index in [1.165, 1.54) is 32.4 Å². The molecule has 2 nitrogen and oxygen atoms in total. The molecule has 0 aliphatic carbocycles. The molecule has 0 saturated heterocycles. The summed E-state index contributed by atoms with van der Waals surface area (Å²) in [6, 6.07) is 21.2. The molecule has 0 aliphatic rings. The molecule has 98 valence electrons. The lowest BCUT2D eigenvalue weighted by Crippen LogP contribution is -1.78. The number of aromatic amines is 1. The van der Waals surface area contributed by atoms with Gasteiger partial charge >= 0.3 is 0 Å². The quantitative estimate of drug-likeness (QED) is 0.419. The molecule has 2 heteroatoms. The Morgan fingerprint density at radius 2 is 1.57 bits per heavy atom. The lowest BCUT2D eigenvalue weighted by atomic mass is 10.0. The highest BCUT2D eigenvalue weighted by Crippen LogP contribution is 2.34. The molecule has 0 aliphatic heterocycles. The van der Waals surface area contributed by atoms with Gasteiger partial charge in [-0.1, -0.05) is 48.5 Å². The van der Waals surface area contributed by atoms with Gasteiger partial charge in [0.1, 0.15) is 0 Å². The third-order valence-electron chi connectivity index (χ3n) is 4.23. The van der Waals surface area contributed by atoms with Gasteiger partial charge in [-0.3, -0.25) is 4.98 Å². The summed E-state index contributed by atoms with van der Waals surface area (Å²) in [7, 11) is 0. The van der Waals surface area contributed by atoms with E-state index >= 15 is 0 Å². The van der Waals surface area contributed by atoms with Crippen LogP contribution in [0.1, 0.15) is 0 Å².